The van der Waals surface area contributed by atoms with E-state index in [1.807, 2.05) is 343 Å². The van der Waals surface area contributed by atoms with Crippen LogP contribution in [-0.2, 0) is 101 Å². The first-order valence-corrected chi connectivity index (χ1v) is 43.0. The quantitative estimate of drug-likeness (QED) is 0.122. The monoisotopic (exact) mass is 2660 g/mol. The molecule has 691 valence electrons. The van der Waals surface area contributed by atoms with Crippen LogP contribution in [0.15, 0.2) is 420 Å². The molecule has 0 aliphatic carbocycles. The van der Waals surface area contributed by atoms with Crippen molar-refractivity contribution < 1.29 is 101 Å². The predicted molar refractivity (Wildman–Crippen MR) is 537 cm³/mol. The molecule has 0 fully saturated rings. The first-order valence-electron chi connectivity index (χ1n) is 43.0. The van der Waals surface area contributed by atoms with Gasteiger partial charge in [0.1, 0.15) is 0 Å². The molecule has 5 radical (unpaired) electrons. The molecule has 20 aromatic rings. The van der Waals surface area contributed by atoms with Crippen LogP contribution in [0.1, 0.15) is 61.2 Å². The third-order valence-electron chi connectivity index (χ3n) is 19.2. The van der Waals surface area contributed by atoms with Gasteiger partial charge >= 0.3 is 0 Å². The molecule has 20 rings (SSSR count). The molecule has 0 amide bonds. The van der Waals surface area contributed by atoms with E-state index in [1.165, 1.54) is 61.2 Å². The molecule has 0 bridgehead atoms. The maximum atomic E-state index is 4.36. The van der Waals surface area contributed by atoms with Gasteiger partial charge in [0.2, 0.25) is 0 Å². The van der Waals surface area contributed by atoms with E-state index in [2.05, 4.69) is 233 Å². The van der Waals surface area contributed by atoms with Gasteiger partial charge in [0.25, 0.3) is 0 Å². The number of aryl methyl sites for hydroxylation is 11. The van der Waals surface area contributed by atoms with Crippen molar-refractivity contribution >= 4 is 0 Å². The largest absolute Gasteiger partial charge is 0.305 e. The molecule has 10 aromatic carbocycles. The van der Waals surface area contributed by atoms with E-state index >= 15 is 0 Å². The normalized spacial score (nSPS) is 9.58. The van der Waals surface area contributed by atoms with Crippen LogP contribution in [0.2, 0.25) is 0 Å². The molecule has 0 unspecified atom stereocenters. The van der Waals surface area contributed by atoms with Crippen LogP contribution in [0.3, 0.4) is 0 Å². The summed E-state index contributed by atoms with van der Waals surface area (Å²) in [7, 11) is 0. The molecule has 10 nitrogen and oxygen atoms in total. The van der Waals surface area contributed by atoms with Gasteiger partial charge < -0.3 is 49.8 Å². The summed E-state index contributed by atoms with van der Waals surface area (Å²) in [5.74, 6) is 0. The second kappa shape index (κ2) is 62.5. The minimum atomic E-state index is 0. The van der Waals surface area contributed by atoms with Crippen molar-refractivity contribution in [2.24, 2.45) is 0 Å². The number of hydrogen-bond acceptors (Lipinski definition) is 10. The first kappa shape index (κ1) is 112. The Bertz CT molecular complexity index is 5800. The first-order chi connectivity index (χ1) is 64.0. The molecule has 15 heteroatoms. The fourth-order valence-electron chi connectivity index (χ4n) is 12.4. The van der Waals surface area contributed by atoms with E-state index in [4.69, 9.17) is 0 Å². The number of nitrogens with zero attached hydrogens (tertiary/aromatic N) is 10. The Morgan fingerprint density at radius 1 is 0.132 bits per heavy atom. The van der Waals surface area contributed by atoms with E-state index in [0.717, 1.165) is 113 Å². The third kappa shape index (κ3) is 39.9. The molecule has 0 aliphatic heterocycles. The van der Waals surface area contributed by atoms with Gasteiger partial charge in [-0.1, -0.05) is 162 Å². The number of rotatable bonds is 10. The van der Waals surface area contributed by atoms with Gasteiger partial charge in [-0.05, 0) is 151 Å². The van der Waals surface area contributed by atoms with E-state index in [9.17, 15) is 0 Å². The van der Waals surface area contributed by atoms with E-state index in [0.29, 0.717) is 0 Å². The van der Waals surface area contributed by atoms with Crippen LogP contribution >= 0.6 is 0 Å². The van der Waals surface area contributed by atoms with Gasteiger partial charge in [-0.25, -0.2) is 0 Å². The van der Waals surface area contributed by atoms with E-state index < -0.39 is 0 Å². The average molecular weight is 2660 g/mol. The summed E-state index contributed by atoms with van der Waals surface area (Å²) in [6.45, 7) is 22.7. The van der Waals surface area contributed by atoms with Crippen molar-refractivity contribution in [3.63, 3.8) is 0 Å². The predicted octanol–water partition coefficient (Wildman–Crippen LogP) is 28.9. The van der Waals surface area contributed by atoms with Crippen molar-refractivity contribution in [2.45, 2.75) is 76.2 Å². The zero-order chi connectivity index (χ0) is 91.8. The van der Waals surface area contributed by atoms with Crippen molar-refractivity contribution in [1.29, 1.82) is 0 Å². The summed E-state index contributed by atoms with van der Waals surface area (Å²) in [5.41, 5.74) is 33.7. The van der Waals surface area contributed by atoms with Crippen LogP contribution in [0.25, 0.3) is 113 Å². The van der Waals surface area contributed by atoms with Crippen molar-refractivity contribution in [3.05, 3.63) is 542 Å². The zero-order valence-electron chi connectivity index (χ0n) is 77.5. The second-order valence-electron chi connectivity index (χ2n) is 30.5. The minimum Gasteiger partial charge on any atom is -0.305 e. The van der Waals surface area contributed by atoms with Crippen LogP contribution < -0.4 is 0 Å². The van der Waals surface area contributed by atoms with Gasteiger partial charge in [0.05, 0.1) is 0 Å². The molecule has 0 atom stereocenters. The Labute approximate surface area is 872 Å². The summed E-state index contributed by atoms with van der Waals surface area (Å²) in [5, 5.41) is 0. The second-order valence-corrected chi connectivity index (χ2v) is 30.5. The average Bonchev–Trinajstić information content (AvgIpc) is 0.501. The minimum absolute atomic E-state index is 0. The fraction of sp³-hybridized carbons (Fsp3) is 0.0909. The molecule has 10 aromatic heterocycles. The molecule has 0 saturated carbocycles. The third-order valence-corrected chi connectivity index (χ3v) is 19.2. The Balaban J connectivity index is 0.000000231. The summed E-state index contributed by atoms with van der Waals surface area (Å²) in [6.07, 6.45) is 18.3. The standard InChI is InChI=1S/C13H12N.9C12H10N.5Ir/c1-10-4-3-5-12(8-10)13-7-6-11(2)9-14-13;5*1-10-5-4-6-11(9-10)12-7-2-3-8-13-12;2*1-10-7-8-13-12(9-10)11-5-3-2-4-6-11;2*1-10-7-8-12(13-9-10)11-5-3-2-4-6-11;;;;;/h3-4,6-9H,1-2H3;9*2-5,7-9H,1H3;;;;;/q10*-1;;;;;. The van der Waals surface area contributed by atoms with Gasteiger partial charge in [0.15, 0.2) is 0 Å². The molecule has 0 spiro atoms. The van der Waals surface area contributed by atoms with E-state index in [1.54, 1.807) is 31.0 Å². The SMILES string of the molecule is Cc1cc[c-]c(-c2ccccn2)c1.Cc1cc[c-]c(-c2ccccn2)c1.Cc1cc[c-]c(-c2ccccn2)c1.Cc1cc[c-]c(-c2ccccn2)c1.Cc1cc[c-]c(-c2ccccn2)c1.Cc1ccc(-c2[c-]ccc(C)c2)nc1.Cc1ccc(-c2[c-]cccc2)nc1.Cc1ccc(-c2[c-]cccc2)nc1.Cc1ccnc(-c2[c-]cccc2)c1.Cc1ccnc(-c2[c-]cccc2)c1.[Ir].[Ir].[Ir].[Ir].[Ir]. The summed E-state index contributed by atoms with van der Waals surface area (Å²) in [4.78, 5) is 42.8. The Morgan fingerprint density at radius 3 is 0.493 bits per heavy atom. The van der Waals surface area contributed by atoms with Crippen LogP contribution in [-0.4, -0.2) is 49.8 Å². The van der Waals surface area contributed by atoms with E-state index in [-0.39, 0.29) is 101 Å². The number of hydrogen-bond donors (Lipinski definition) is 0. The number of benzene rings is 10. The maximum absolute atomic E-state index is 4.36. The topological polar surface area (TPSA) is 129 Å². The Hall–Kier alpha value is -13.1. The number of pyridine rings is 10. The Kier molecular flexibility index (Phi) is 51.3. The molecule has 10 heterocycles. The van der Waals surface area contributed by atoms with Crippen molar-refractivity contribution in [1.82, 2.24) is 49.8 Å². The molecule has 136 heavy (non-hydrogen) atoms. The van der Waals surface area contributed by atoms with Crippen molar-refractivity contribution in [3.8, 4) is 113 Å². The van der Waals surface area contributed by atoms with Gasteiger partial charge in [-0.2, -0.15) is 0 Å². The van der Waals surface area contributed by atoms with Crippen LogP contribution in [0, 0.1) is 137 Å². The molecular formula is C121H102Ir5N10-10. The molecular weight excluding hydrogens is 2550 g/mol. The summed E-state index contributed by atoms with van der Waals surface area (Å²) in [6, 6.07) is 149. The van der Waals surface area contributed by atoms with Gasteiger partial charge in [0, 0.05) is 162 Å². The molecule has 0 saturated heterocycles. The maximum Gasteiger partial charge on any atom is 0.0190 e. The molecule has 0 aliphatic rings. The van der Waals surface area contributed by atoms with Crippen molar-refractivity contribution in [2.75, 3.05) is 0 Å². The Morgan fingerprint density at radius 2 is 0.316 bits per heavy atom. The smallest absolute Gasteiger partial charge is 0.0190 e. The number of aromatic nitrogens is 10. The van der Waals surface area contributed by atoms with Gasteiger partial charge in [-0.15, -0.1) is 356 Å². The fourth-order valence-corrected chi connectivity index (χ4v) is 12.4. The van der Waals surface area contributed by atoms with Gasteiger partial charge in [-0.3, -0.25) is 0 Å². The zero-order valence-corrected chi connectivity index (χ0v) is 89.5. The van der Waals surface area contributed by atoms with Crippen LogP contribution in [0.4, 0.5) is 0 Å². The molecule has 0 N–H and O–H groups in total. The van der Waals surface area contributed by atoms with Crippen LogP contribution in [0.5, 0.6) is 0 Å². The summed E-state index contributed by atoms with van der Waals surface area (Å²) < 4.78 is 0. The summed E-state index contributed by atoms with van der Waals surface area (Å²) >= 11 is 0.